The van der Waals surface area contributed by atoms with Crippen molar-refractivity contribution in [1.29, 1.82) is 0 Å². The van der Waals surface area contributed by atoms with Crippen LogP contribution in [0.4, 0.5) is 0 Å². The summed E-state index contributed by atoms with van der Waals surface area (Å²) in [7, 11) is 0. The van der Waals surface area contributed by atoms with Gasteiger partial charge < -0.3 is 5.32 Å². The highest BCUT2D eigenvalue weighted by Gasteiger charge is 2.22. The molecule has 1 aromatic rings. The van der Waals surface area contributed by atoms with E-state index in [1.165, 1.54) is 32.1 Å². The quantitative estimate of drug-likeness (QED) is 0.874. The Kier molecular flexibility index (Phi) is 5.99. The molecule has 0 bridgehead atoms. The lowest BCUT2D eigenvalue weighted by atomic mass is 9.95. The summed E-state index contributed by atoms with van der Waals surface area (Å²) in [6.07, 6.45) is 8.40. The molecule has 1 aliphatic rings. The van der Waals surface area contributed by atoms with E-state index in [2.05, 4.69) is 45.3 Å². The van der Waals surface area contributed by atoms with Crippen LogP contribution in [0.1, 0.15) is 39.0 Å². The second kappa shape index (κ2) is 7.51. The molecular weight excluding hydrogens is 308 g/mol. The Bertz CT molecular complexity index is 355. The van der Waals surface area contributed by atoms with Crippen molar-refractivity contribution < 1.29 is 0 Å². The molecule has 0 saturated heterocycles. The van der Waals surface area contributed by atoms with E-state index in [1.807, 2.05) is 18.0 Å². The van der Waals surface area contributed by atoms with Gasteiger partial charge in [-0.05, 0) is 60.3 Å². The summed E-state index contributed by atoms with van der Waals surface area (Å²) in [5.74, 6) is 0. The molecule has 0 radical (unpaired) electrons. The first-order chi connectivity index (χ1) is 8.78. The van der Waals surface area contributed by atoms with Crippen molar-refractivity contribution in [2.75, 3.05) is 6.54 Å². The third-order valence-electron chi connectivity index (χ3n) is 3.30. The molecule has 0 spiro atoms. The minimum absolute atomic E-state index is 0.714. The molecule has 2 atom stereocenters. The van der Waals surface area contributed by atoms with Crippen LogP contribution in [0.3, 0.4) is 0 Å². The Morgan fingerprint density at radius 3 is 3.06 bits per heavy atom. The first-order valence-electron chi connectivity index (χ1n) is 6.79. The van der Waals surface area contributed by atoms with Crippen molar-refractivity contribution in [1.82, 2.24) is 10.3 Å². The molecule has 100 valence electrons. The standard InChI is InChI=1S/C14H21BrN2S/c1-2-8-16-12-4-3-5-13(9-12)18-14-7-6-11(15)10-17-14/h6-7,10,12-13,16H,2-5,8-9H2,1H3. The summed E-state index contributed by atoms with van der Waals surface area (Å²) < 4.78 is 1.05. The average molecular weight is 329 g/mol. The fourth-order valence-electron chi connectivity index (χ4n) is 2.39. The largest absolute Gasteiger partial charge is 0.314 e. The van der Waals surface area contributed by atoms with Crippen molar-refractivity contribution in [3.63, 3.8) is 0 Å². The zero-order valence-electron chi connectivity index (χ0n) is 10.9. The lowest BCUT2D eigenvalue weighted by molar-refractivity contribution is 0.381. The van der Waals surface area contributed by atoms with Gasteiger partial charge in [-0.1, -0.05) is 13.3 Å². The van der Waals surface area contributed by atoms with E-state index in [4.69, 9.17) is 0 Å². The molecule has 2 rings (SSSR count). The summed E-state index contributed by atoms with van der Waals surface area (Å²) in [4.78, 5) is 4.46. The summed E-state index contributed by atoms with van der Waals surface area (Å²) >= 11 is 5.37. The fourth-order valence-corrected chi connectivity index (χ4v) is 3.84. The van der Waals surface area contributed by atoms with Gasteiger partial charge in [-0.15, -0.1) is 11.8 Å². The van der Waals surface area contributed by atoms with Gasteiger partial charge in [0.15, 0.2) is 0 Å². The van der Waals surface area contributed by atoms with Gasteiger partial charge in [0.25, 0.3) is 0 Å². The third kappa shape index (κ3) is 4.56. The highest BCUT2D eigenvalue weighted by atomic mass is 79.9. The lowest BCUT2D eigenvalue weighted by Crippen LogP contribution is -2.35. The molecule has 1 aromatic heterocycles. The second-order valence-corrected chi connectivity index (χ2v) is 7.11. The molecule has 0 aromatic carbocycles. The highest BCUT2D eigenvalue weighted by molar-refractivity contribution is 9.10. The van der Waals surface area contributed by atoms with Crippen LogP contribution in [-0.2, 0) is 0 Å². The number of halogens is 1. The molecular formula is C14H21BrN2S. The van der Waals surface area contributed by atoms with Crippen LogP contribution < -0.4 is 5.32 Å². The van der Waals surface area contributed by atoms with Gasteiger partial charge in [-0.2, -0.15) is 0 Å². The number of nitrogens with one attached hydrogen (secondary N) is 1. The molecule has 2 nitrogen and oxygen atoms in total. The molecule has 4 heteroatoms. The molecule has 18 heavy (non-hydrogen) atoms. The maximum Gasteiger partial charge on any atom is 0.0963 e. The van der Waals surface area contributed by atoms with Crippen molar-refractivity contribution in [3.05, 3.63) is 22.8 Å². The minimum atomic E-state index is 0.714. The summed E-state index contributed by atoms with van der Waals surface area (Å²) in [6.45, 7) is 3.38. The Morgan fingerprint density at radius 2 is 2.33 bits per heavy atom. The number of hydrogen-bond acceptors (Lipinski definition) is 3. The van der Waals surface area contributed by atoms with Crippen LogP contribution in [0.2, 0.25) is 0 Å². The van der Waals surface area contributed by atoms with E-state index in [0.717, 1.165) is 21.3 Å². The van der Waals surface area contributed by atoms with E-state index in [-0.39, 0.29) is 0 Å². The Labute approximate surface area is 122 Å². The molecule has 1 heterocycles. The van der Waals surface area contributed by atoms with Crippen molar-refractivity contribution in [3.8, 4) is 0 Å². The topological polar surface area (TPSA) is 24.9 Å². The summed E-state index contributed by atoms with van der Waals surface area (Å²) in [5, 5.41) is 5.53. The first-order valence-corrected chi connectivity index (χ1v) is 8.46. The Morgan fingerprint density at radius 1 is 1.44 bits per heavy atom. The number of hydrogen-bond donors (Lipinski definition) is 1. The van der Waals surface area contributed by atoms with Gasteiger partial charge in [-0.25, -0.2) is 4.98 Å². The summed E-state index contributed by atoms with van der Waals surface area (Å²) in [6, 6.07) is 4.90. The molecule has 2 unspecified atom stereocenters. The number of aromatic nitrogens is 1. The van der Waals surface area contributed by atoms with Gasteiger partial charge in [0.05, 0.1) is 5.03 Å². The number of rotatable bonds is 5. The Hall–Kier alpha value is -0.0600. The van der Waals surface area contributed by atoms with Crippen molar-refractivity contribution in [2.24, 2.45) is 0 Å². The smallest absolute Gasteiger partial charge is 0.0963 e. The highest BCUT2D eigenvalue weighted by Crippen LogP contribution is 2.33. The van der Waals surface area contributed by atoms with E-state index < -0.39 is 0 Å². The fraction of sp³-hybridized carbons (Fsp3) is 0.643. The number of nitrogens with zero attached hydrogens (tertiary/aromatic N) is 1. The SMILES string of the molecule is CCCNC1CCCC(Sc2ccc(Br)cn2)C1. The lowest BCUT2D eigenvalue weighted by Gasteiger charge is -2.29. The average Bonchev–Trinajstić information content (AvgIpc) is 2.40. The molecule has 1 fully saturated rings. The summed E-state index contributed by atoms with van der Waals surface area (Å²) in [5.41, 5.74) is 0. The minimum Gasteiger partial charge on any atom is -0.314 e. The van der Waals surface area contributed by atoms with Crippen LogP contribution in [0, 0.1) is 0 Å². The van der Waals surface area contributed by atoms with Crippen LogP contribution in [0.15, 0.2) is 27.8 Å². The van der Waals surface area contributed by atoms with Crippen molar-refractivity contribution >= 4 is 27.7 Å². The van der Waals surface area contributed by atoms with Crippen LogP contribution in [0.25, 0.3) is 0 Å². The van der Waals surface area contributed by atoms with Gasteiger partial charge in [0.1, 0.15) is 0 Å². The molecule has 0 aliphatic heterocycles. The van der Waals surface area contributed by atoms with Crippen LogP contribution in [-0.4, -0.2) is 22.8 Å². The Balaban J connectivity index is 1.83. The van der Waals surface area contributed by atoms with E-state index >= 15 is 0 Å². The van der Waals surface area contributed by atoms with Gasteiger partial charge in [0, 0.05) is 22.0 Å². The van der Waals surface area contributed by atoms with Crippen LogP contribution in [0.5, 0.6) is 0 Å². The zero-order chi connectivity index (χ0) is 12.8. The number of pyridine rings is 1. The molecule has 1 aliphatic carbocycles. The van der Waals surface area contributed by atoms with Gasteiger partial charge >= 0.3 is 0 Å². The van der Waals surface area contributed by atoms with Gasteiger partial charge in [-0.3, -0.25) is 0 Å². The third-order valence-corrected chi connectivity index (χ3v) is 5.01. The molecule has 1 saturated carbocycles. The predicted octanol–water partition coefficient (Wildman–Crippen LogP) is 4.25. The normalized spacial score (nSPS) is 24.1. The molecule has 0 amide bonds. The second-order valence-electron chi connectivity index (χ2n) is 4.87. The zero-order valence-corrected chi connectivity index (χ0v) is 13.3. The predicted molar refractivity (Wildman–Crippen MR) is 82.1 cm³/mol. The maximum atomic E-state index is 4.46. The number of thioether (sulfide) groups is 1. The molecule has 1 N–H and O–H groups in total. The van der Waals surface area contributed by atoms with Crippen LogP contribution >= 0.6 is 27.7 Å². The van der Waals surface area contributed by atoms with E-state index in [1.54, 1.807) is 0 Å². The van der Waals surface area contributed by atoms with E-state index in [0.29, 0.717) is 6.04 Å². The van der Waals surface area contributed by atoms with Crippen molar-refractivity contribution in [2.45, 2.75) is 55.3 Å². The maximum absolute atomic E-state index is 4.46. The first kappa shape index (κ1) is 14.4. The van der Waals surface area contributed by atoms with Gasteiger partial charge in [0.2, 0.25) is 0 Å². The monoisotopic (exact) mass is 328 g/mol. The van der Waals surface area contributed by atoms with E-state index in [9.17, 15) is 0 Å².